The number of ether oxygens (including phenoxy) is 1. The van der Waals surface area contributed by atoms with Crippen LogP contribution in [0.4, 0.5) is 15.9 Å². The molecule has 0 aliphatic carbocycles. The third-order valence-electron chi connectivity index (χ3n) is 4.72. The van der Waals surface area contributed by atoms with Gasteiger partial charge in [-0.2, -0.15) is 4.98 Å². The number of piperazine rings is 1. The number of hydrogen-bond donors (Lipinski definition) is 2. The van der Waals surface area contributed by atoms with E-state index in [1.165, 1.54) is 19.2 Å². The summed E-state index contributed by atoms with van der Waals surface area (Å²) in [5.74, 6) is 0.680. The predicted molar refractivity (Wildman–Crippen MR) is 108 cm³/mol. The molecule has 0 spiro atoms. The smallest absolute Gasteiger partial charge is 0.262 e. The number of pyridine rings is 1. The van der Waals surface area contributed by atoms with E-state index >= 15 is 0 Å². The van der Waals surface area contributed by atoms with Gasteiger partial charge in [-0.25, -0.2) is 8.42 Å². The maximum atomic E-state index is 12.8. The van der Waals surface area contributed by atoms with Gasteiger partial charge in [-0.05, 0) is 29.8 Å². The van der Waals surface area contributed by atoms with Gasteiger partial charge in [0.05, 0.1) is 18.7 Å². The fraction of sp³-hybridized carbons (Fsp3) is 0.421. The summed E-state index contributed by atoms with van der Waals surface area (Å²) in [5, 5.41) is 3.28. The van der Waals surface area contributed by atoms with Crippen molar-refractivity contribution in [2.45, 2.75) is 17.7 Å². The largest absolute Gasteiger partial charge is 0.479 e. The Kier molecular flexibility index (Phi) is 6.35. The van der Waals surface area contributed by atoms with Gasteiger partial charge in [-0.3, -0.25) is 9.11 Å². The van der Waals surface area contributed by atoms with Gasteiger partial charge in [0.1, 0.15) is 11.5 Å². The van der Waals surface area contributed by atoms with E-state index in [1.54, 1.807) is 31.2 Å². The third-order valence-corrected chi connectivity index (χ3v) is 6.10. The van der Waals surface area contributed by atoms with Crippen LogP contribution in [0.2, 0.25) is 0 Å². The summed E-state index contributed by atoms with van der Waals surface area (Å²) in [6.07, 6.45) is 0. The summed E-state index contributed by atoms with van der Waals surface area (Å²) in [4.78, 5) is 6.65. The van der Waals surface area contributed by atoms with E-state index in [-0.39, 0.29) is 22.4 Å². The molecule has 0 unspecified atom stereocenters. The van der Waals surface area contributed by atoms with Gasteiger partial charge in [0, 0.05) is 32.1 Å². The molecule has 9 heteroatoms. The van der Waals surface area contributed by atoms with Crippen molar-refractivity contribution < 1.29 is 17.5 Å². The number of alkyl halides is 1. The second-order valence-corrected chi connectivity index (χ2v) is 8.38. The van der Waals surface area contributed by atoms with Crippen molar-refractivity contribution >= 4 is 21.5 Å². The van der Waals surface area contributed by atoms with Crippen LogP contribution in [0.15, 0.2) is 41.3 Å². The van der Waals surface area contributed by atoms with Crippen LogP contribution >= 0.6 is 0 Å². The van der Waals surface area contributed by atoms with Crippen LogP contribution < -0.4 is 19.7 Å². The minimum Gasteiger partial charge on any atom is -0.479 e. The monoisotopic (exact) mass is 408 g/mol. The van der Waals surface area contributed by atoms with Crippen molar-refractivity contribution in [2.24, 2.45) is 0 Å². The second-order valence-electron chi connectivity index (χ2n) is 6.69. The van der Waals surface area contributed by atoms with Crippen molar-refractivity contribution in [3.63, 3.8) is 0 Å². The molecule has 1 aliphatic heterocycles. The standard InChI is InChI=1S/C19H25FN4O3S/c1-14(13-20)15-3-5-16(6-4-15)28(25,26)23-17-7-8-18(22-19(17)27-2)24-11-9-21-10-12-24/h3-8,14,21,23H,9-13H2,1-2H3/t14-/m0/s1. The Labute approximate surface area is 165 Å². The van der Waals surface area contributed by atoms with E-state index in [0.717, 1.165) is 37.6 Å². The zero-order valence-corrected chi connectivity index (χ0v) is 16.8. The van der Waals surface area contributed by atoms with E-state index in [0.29, 0.717) is 0 Å². The average molecular weight is 408 g/mol. The number of rotatable bonds is 7. The Hall–Kier alpha value is -2.39. The number of nitrogens with zero attached hydrogens (tertiary/aromatic N) is 2. The lowest BCUT2D eigenvalue weighted by molar-refractivity contribution is 0.399. The van der Waals surface area contributed by atoms with Crippen LogP contribution in [0.1, 0.15) is 18.4 Å². The van der Waals surface area contributed by atoms with Crippen LogP contribution in [-0.4, -0.2) is 53.4 Å². The number of benzene rings is 1. The molecule has 1 aliphatic rings. The van der Waals surface area contributed by atoms with Crippen LogP contribution in [-0.2, 0) is 10.0 Å². The molecule has 1 aromatic carbocycles. The number of nitrogens with one attached hydrogen (secondary N) is 2. The summed E-state index contributed by atoms with van der Waals surface area (Å²) in [6.45, 7) is 4.64. The first-order valence-corrected chi connectivity index (χ1v) is 10.6. The molecule has 7 nitrogen and oxygen atoms in total. The van der Waals surface area contributed by atoms with Gasteiger partial charge in [0.2, 0.25) is 5.88 Å². The summed E-state index contributed by atoms with van der Waals surface area (Å²) >= 11 is 0. The SMILES string of the molecule is COc1nc(N2CCNCC2)ccc1NS(=O)(=O)c1ccc([C@@H](C)CF)cc1. The van der Waals surface area contributed by atoms with Crippen molar-refractivity contribution in [3.8, 4) is 5.88 Å². The number of anilines is 2. The van der Waals surface area contributed by atoms with Gasteiger partial charge < -0.3 is 15.0 Å². The number of hydrogen-bond acceptors (Lipinski definition) is 6. The number of sulfonamides is 1. The summed E-state index contributed by atoms with van der Waals surface area (Å²) in [5.41, 5.74) is 1.02. The lowest BCUT2D eigenvalue weighted by Crippen LogP contribution is -2.43. The molecular formula is C19H25FN4O3S. The molecule has 1 saturated heterocycles. The fourth-order valence-corrected chi connectivity index (χ4v) is 4.06. The molecule has 0 amide bonds. The minimum atomic E-state index is -3.82. The summed E-state index contributed by atoms with van der Waals surface area (Å²) in [7, 11) is -2.37. The first-order chi connectivity index (χ1) is 13.4. The Morgan fingerprint density at radius 1 is 1.21 bits per heavy atom. The fourth-order valence-electron chi connectivity index (χ4n) is 3.00. The molecule has 3 rings (SSSR count). The Morgan fingerprint density at radius 3 is 2.50 bits per heavy atom. The zero-order valence-electron chi connectivity index (χ0n) is 16.0. The number of halogens is 1. The number of methoxy groups -OCH3 is 1. The van der Waals surface area contributed by atoms with Crippen LogP contribution in [0.5, 0.6) is 5.88 Å². The Balaban J connectivity index is 1.81. The van der Waals surface area contributed by atoms with E-state index in [2.05, 4.69) is 19.9 Å². The summed E-state index contributed by atoms with van der Waals surface area (Å²) in [6, 6.07) is 9.62. The van der Waals surface area contributed by atoms with Gasteiger partial charge in [-0.15, -0.1) is 0 Å². The van der Waals surface area contributed by atoms with Gasteiger partial charge in [-0.1, -0.05) is 19.1 Å². The molecule has 2 N–H and O–H groups in total. The first kappa shape index (κ1) is 20.3. The van der Waals surface area contributed by atoms with Crippen LogP contribution in [0.25, 0.3) is 0 Å². The zero-order chi connectivity index (χ0) is 20.1. The maximum absolute atomic E-state index is 12.8. The average Bonchev–Trinajstić information content (AvgIpc) is 2.74. The molecule has 152 valence electrons. The number of aromatic nitrogens is 1. The Morgan fingerprint density at radius 2 is 1.89 bits per heavy atom. The maximum Gasteiger partial charge on any atom is 0.262 e. The molecule has 1 fully saturated rings. The van der Waals surface area contributed by atoms with Gasteiger partial charge in [0.25, 0.3) is 10.0 Å². The first-order valence-electron chi connectivity index (χ1n) is 9.14. The topological polar surface area (TPSA) is 83.6 Å². The second kappa shape index (κ2) is 8.74. The highest BCUT2D eigenvalue weighted by atomic mass is 32.2. The van der Waals surface area contributed by atoms with Gasteiger partial charge >= 0.3 is 0 Å². The minimum absolute atomic E-state index is 0.0931. The lowest BCUT2D eigenvalue weighted by Gasteiger charge is -2.28. The highest BCUT2D eigenvalue weighted by Crippen LogP contribution is 2.28. The Bertz CT molecular complexity index is 900. The van der Waals surface area contributed by atoms with Crippen molar-refractivity contribution in [1.82, 2.24) is 10.3 Å². The van der Waals surface area contributed by atoms with Crippen molar-refractivity contribution in [1.29, 1.82) is 0 Å². The van der Waals surface area contributed by atoms with Crippen LogP contribution in [0.3, 0.4) is 0 Å². The molecule has 0 saturated carbocycles. The van der Waals surface area contributed by atoms with Crippen molar-refractivity contribution in [2.75, 3.05) is 49.6 Å². The molecule has 0 radical (unpaired) electrons. The predicted octanol–water partition coefficient (Wildman–Crippen LogP) is 2.37. The van der Waals surface area contributed by atoms with E-state index in [9.17, 15) is 12.8 Å². The molecule has 0 bridgehead atoms. The van der Waals surface area contributed by atoms with Crippen molar-refractivity contribution in [3.05, 3.63) is 42.0 Å². The highest BCUT2D eigenvalue weighted by molar-refractivity contribution is 7.92. The van der Waals surface area contributed by atoms with E-state index in [4.69, 9.17) is 4.74 Å². The molecule has 1 atom stereocenters. The molecule has 2 heterocycles. The normalized spacial score (nSPS) is 15.9. The third kappa shape index (κ3) is 4.53. The molecule has 28 heavy (non-hydrogen) atoms. The highest BCUT2D eigenvalue weighted by Gasteiger charge is 2.20. The molecular weight excluding hydrogens is 383 g/mol. The summed E-state index contributed by atoms with van der Waals surface area (Å²) < 4.78 is 46.1. The van der Waals surface area contributed by atoms with E-state index in [1.807, 2.05) is 0 Å². The molecule has 1 aromatic heterocycles. The van der Waals surface area contributed by atoms with Crippen LogP contribution in [0, 0.1) is 0 Å². The van der Waals surface area contributed by atoms with E-state index < -0.39 is 16.7 Å². The quantitative estimate of drug-likeness (QED) is 0.732. The van der Waals surface area contributed by atoms with Gasteiger partial charge in [0.15, 0.2) is 0 Å². The molecule has 2 aromatic rings. The lowest BCUT2D eigenvalue weighted by atomic mass is 10.0.